The van der Waals surface area contributed by atoms with E-state index < -0.39 is 47.1 Å². The van der Waals surface area contributed by atoms with Crippen LogP contribution in [-0.4, -0.2) is 83.0 Å². The molecule has 4 aliphatic rings. The van der Waals surface area contributed by atoms with E-state index in [2.05, 4.69) is 15.0 Å². The summed E-state index contributed by atoms with van der Waals surface area (Å²) in [7, 11) is 0. The molecule has 5 heterocycles. The van der Waals surface area contributed by atoms with E-state index in [0.29, 0.717) is 13.0 Å². The SMILES string of the molecule is [2H]C(Oc1nc(N2CCOCC3C2C3(F)F)c2cnc(Cl)c(F)c2n1)[C@@]12CCCN1C[C@H](F)C2. The van der Waals surface area contributed by atoms with Crippen molar-refractivity contribution in [2.24, 2.45) is 5.92 Å². The van der Waals surface area contributed by atoms with Crippen molar-refractivity contribution in [2.45, 2.75) is 42.9 Å². The van der Waals surface area contributed by atoms with Crippen LogP contribution in [0.5, 0.6) is 6.01 Å². The minimum absolute atomic E-state index is 0.0171. The van der Waals surface area contributed by atoms with Gasteiger partial charge in [-0.15, -0.1) is 0 Å². The lowest BCUT2D eigenvalue weighted by molar-refractivity contribution is 0.0492. The number of pyridine rings is 1. The molecule has 5 atom stereocenters. The van der Waals surface area contributed by atoms with Gasteiger partial charge in [0, 0.05) is 25.7 Å². The standard InChI is InChI=1S/C21H22ClF4N5O2/c22-17-14(24)15-12(7-27-17)18(31-4-5-32-9-13-16(31)21(13,25)26)29-19(28-15)33-10-20-2-1-3-30(20)8-11(23)6-20/h7,11,13,16H,1-6,8-10H2/t11-,13?,16?,20+/m1/s1/i10D/t10?,11-,13?,16?,20+. The van der Waals surface area contributed by atoms with Gasteiger partial charge in [-0.25, -0.2) is 22.5 Å². The van der Waals surface area contributed by atoms with Crippen molar-refractivity contribution in [2.75, 3.05) is 44.3 Å². The fourth-order valence-corrected chi connectivity index (χ4v) is 5.65. The van der Waals surface area contributed by atoms with Crippen LogP contribution < -0.4 is 9.64 Å². The molecule has 12 heteroatoms. The van der Waals surface area contributed by atoms with Gasteiger partial charge in [-0.2, -0.15) is 9.97 Å². The number of aromatic nitrogens is 3. The molecule has 2 aromatic rings. The number of ether oxygens (including phenoxy) is 2. The largest absolute Gasteiger partial charge is 0.461 e. The van der Waals surface area contributed by atoms with E-state index in [-0.39, 0.29) is 55.5 Å². The Morgan fingerprint density at radius 3 is 3.03 bits per heavy atom. The van der Waals surface area contributed by atoms with Gasteiger partial charge < -0.3 is 14.4 Å². The Hall–Kier alpha value is -1.98. The van der Waals surface area contributed by atoms with Gasteiger partial charge in [-0.1, -0.05) is 11.6 Å². The average molecular weight is 489 g/mol. The summed E-state index contributed by atoms with van der Waals surface area (Å²) < 4.78 is 77.9. The van der Waals surface area contributed by atoms with E-state index >= 15 is 0 Å². The number of nitrogens with zero attached hydrogens (tertiary/aromatic N) is 5. The molecule has 0 radical (unpaired) electrons. The Bertz CT molecular complexity index is 1150. The molecule has 0 N–H and O–H groups in total. The summed E-state index contributed by atoms with van der Waals surface area (Å²) >= 11 is 5.86. The summed E-state index contributed by atoms with van der Waals surface area (Å²) in [6, 6.07) is -1.52. The van der Waals surface area contributed by atoms with Gasteiger partial charge in [-0.3, -0.25) is 4.90 Å². The molecule has 6 rings (SSSR count). The molecule has 0 aromatic carbocycles. The van der Waals surface area contributed by atoms with Gasteiger partial charge in [0.15, 0.2) is 11.0 Å². The molecule has 3 aliphatic heterocycles. The third kappa shape index (κ3) is 3.34. The average Bonchev–Trinajstić information content (AvgIpc) is 2.99. The summed E-state index contributed by atoms with van der Waals surface area (Å²) in [5, 5.41) is -0.333. The molecular weight excluding hydrogens is 466 g/mol. The number of rotatable bonds is 4. The van der Waals surface area contributed by atoms with Crippen LogP contribution in [0.25, 0.3) is 10.9 Å². The normalized spacial score (nSPS) is 34.5. The smallest absolute Gasteiger partial charge is 0.319 e. The summed E-state index contributed by atoms with van der Waals surface area (Å²) in [5.41, 5.74) is -1.08. The lowest BCUT2D eigenvalue weighted by Crippen LogP contribution is -2.43. The number of hydrogen-bond donors (Lipinski definition) is 0. The molecule has 4 fully saturated rings. The lowest BCUT2D eigenvalue weighted by atomic mass is 9.95. The predicted octanol–water partition coefficient (Wildman–Crippen LogP) is 3.24. The minimum atomic E-state index is -2.99. The zero-order valence-electron chi connectivity index (χ0n) is 18.5. The molecule has 178 valence electrons. The highest BCUT2D eigenvalue weighted by molar-refractivity contribution is 6.30. The van der Waals surface area contributed by atoms with Gasteiger partial charge in [0.25, 0.3) is 5.92 Å². The van der Waals surface area contributed by atoms with Gasteiger partial charge in [-0.05, 0) is 19.4 Å². The highest BCUT2D eigenvalue weighted by atomic mass is 35.5. The van der Waals surface area contributed by atoms with Crippen molar-refractivity contribution in [1.29, 1.82) is 0 Å². The monoisotopic (exact) mass is 488 g/mol. The first-order valence-electron chi connectivity index (χ1n) is 11.5. The maximum absolute atomic E-state index is 14.9. The van der Waals surface area contributed by atoms with Crippen LogP contribution >= 0.6 is 11.6 Å². The Balaban J connectivity index is 1.42. The highest BCUT2D eigenvalue weighted by Crippen LogP contribution is 2.54. The summed E-state index contributed by atoms with van der Waals surface area (Å²) in [5.74, 6) is -4.92. The molecule has 3 saturated heterocycles. The first-order chi connectivity index (χ1) is 16.2. The summed E-state index contributed by atoms with van der Waals surface area (Å²) in [6.07, 6.45) is 1.69. The second kappa shape index (κ2) is 7.51. The Labute approximate surface area is 193 Å². The summed E-state index contributed by atoms with van der Waals surface area (Å²) in [6.45, 7) is -0.168. The molecular formula is C21H22ClF4N5O2. The fraction of sp³-hybridized carbons (Fsp3) is 0.667. The Kier molecular flexibility index (Phi) is 4.64. The van der Waals surface area contributed by atoms with E-state index in [1.165, 1.54) is 11.1 Å². The third-order valence-electron chi connectivity index (χ3n) is 7.19. The molecule has 3 unspecified atom stereocenters. The first kappa shape index (κ1) is 20.4. The topological polar surface area (TPSA) is 63.6 Å². The van der Waals surface area contributed by atoms with Gasteiger partial charge >= 0.3 is 6.01 Å². The molecule has 2 aromatic heterocycles. The van der Waals surface area contributed by atoms with E-state index in [1.807, 2.05) is 4.90 Å². The third-order valence-corrected chi connectivity index (χ3v) is 7.45. The fourth-order valence-electron chi connectivity index (χ4n) is 5.51. The van der Waals surface area contributed by atoms with E-state index in [4.69, 9.17) is 22.4 Å². The van der Waals surface area contributed by atoms with Crippen molar-refractivity contribution in [3.63, 3.8) is 0 Å². The second-order valence-corrected chi connectivity index (χ2v) is 9.50. The molecule has 0 spiro atoms. The van der Waals surface area contributed by atoms with Crippen molar-refractivity contribution in [3.05, 3.63) is 17.2 Å². The van der Waals surface area contributed by atoms with Crippen LogP contribution in [-0.2, 0) is 4.74 Å². The molecule has 1 saturated carbocycles. The minimum Gasteiger partial charge on any atom is -0.461 e. The van der Waals surface area contributed by atoms with Crippen LogP contribution in [0.1, 0.15) is 20.6 Å². The van der Waals surface area contributed by atoms with Crippen LogP contribution in [0, 0.1) is 11.7 Å². The van der Waals surface area contributed by atoms with Crippen LogP contribution in [0.3, 0.4) is 0 Å². The van der Waals surface area contributed by atoms with Crippen LogP contribution in [0.2, 0.25) is 5.15 Å². The van der Waals surface area contributed by atoms with Gasteiger partial charge in [0.1, 0.15) is 30.1 Å². The molecule has 1 aliphatic carbocycles. The second-order valence-electron chi connectivity index (χ2n) is 9.14. The highest BCUT2D eigenvalue weighted by Gasteiger charge is 2.71. The maximum atomic E-state index is 14.9. The molecule has 0 amide bonds. The number of hydrogen-bond acceptors (Lipinski definition) is 7. The molecule has 7 nitrogen and oxygen atoms in total. The van der Waals surface area contributed by atoms with Gasteiger partial charge in [0.2, 0.25) is 0 Å². The van der Waals surface area contributed by atoms with Crippen molar-refractivity contribution >= 4 is 28.3 Å². The number of fused-ring (bicyclic) bond motifs is 3. The molecule has 33 heavy (non-hydrogen) atoms. The van der Waals surface area contributed by atoms with Gasteiger partial charge in [0.05, 0.1) is 31.4 Å². The Morgan fingerprint density at radius 2 is 2.18 bits per heavy atom. The number of halogens is 5. The number of anilines is 1. The number of alkyl halides is 3. The Morgan fingerprint density at radius 1 is 1.33 bits per heavy atom. The van der Waals surface area contributed by atoms with Crippen LogP contribution in [0.15, 0.2) is 6.20 Å². The van der Waals surface area contributed by atoms with Crippen molar-refractivity contribution < 1.29 is 28.4 Å². The first-order valence-corrected chi connectivity index (χ1v) is 11.3. The van der Waals surface area contributed by atoms with Crippen molar-refractivity contribution in [1.82, 2.24) is 19.9 Å². The quantitative estimate of drug-likeness (QED) is 0.483. The summed E-state index contributed by atoms with van der Waals surface area (Å²) in [4.78, 5) is 15.5. The van der Waals surface area contributed by atoms with Crippen molar-refractivity contribution in [3.8, 4) is 6.01 Å². The van der Waals surface area contributed by atoms with E-state index in [1.54, 1.807) is 0 Å². The molecule has 0 bridgehead atoms. The van der Waals surface area contributed by atoms with Crippen LogP contribution in [0.4, 0.5) is 23.4 Å². The lowest BCUT2D eigenvalue weighted by Gasteiger charge is -2.31. The zero-order chi connectivity index (χ0) is 23.8. The maximum Gasteiger partial charge on any atom is 0.319 e. The zero-order valence-corrected chi connectivity index (χ0v) is 18.2. The van der Waals surface area contributed by atoms with E-state index in [9.17, 15) is 17.6 Å². The predicted molar refractivity (Wildman–Crippen MR) is 111 cm³/mol. The van der Waals surface area contributed by atoms with E-state index in [0.717, 1.165) is 6.42 Å².